The van der Waals surface area contributed by atoms with Gasteiger partial charge in [-0.25, -0.2) is 0 Å². The molecule has 0 amide bonds. The molecule has 0 aliphatic carbocycles. The second-order valence-electron chi connectivity index (χ2n) is 4.35. The van der Waals surface area contributed by atoms with E-state index in [9.17, 15) is 0 Å². The Labute approximate surface area is 91.9 Å². The summed E-state index contributed by atoms with van der Waals surface area (Å²) < 4.78 is 0.245. The smallest absolute Gasteiger partial charge is 0.0712 e. The van der Waals surface area contributed by atoms with E-state index in [-0.39, 0.29) is 4.08 Å². The Morgan fingerprint density at radius 1 is 1.15 bits per heavy atom. The second-order valence-corrected chi connectivity index (χ2v) is 6.71. The van der Waals surface area contributed by atoms with E-state index in [0.29, 0.717) is 11.3 Å². The van der Waals surface area contributed by atoms with Crippen LogP contribution in [0, 0.1) is 11.3 Å². The molecular formula is C11H22S2. The maximum absolute atomic E-state index is 3.91. The highest BCUT2D eigenvalue weighted by Gasteiger charge is 2.43. The highest BCUT2D eigenvalue weighted by Crippen LogP contribution is 2.53. The largest absolute Gasteiger partial charge is 0.146 e. The minimum atomic E-state index is 0.245. The maximum atomic E-state index is 3.91. The van der Waals surface area contributed by atoms with E-state index in [2.05, 4.69) is 52.9 Å². The Hall–Kier alpha value is 0.440. The third-order valence-corrected chi connectivity index (χ3v) is 6.79. The van der Waals surface area contributed by atoms with Crippen LogP contribution in [0.2, 0.25) is 0 Å². The normalized spacial score (nSPS) is 15.5. The van der Waals surface area contributed by atoms with Crippen molar-refractivity contribution in [1.29, 1.82) is 0 Å². The molecule has 78 valence electrons. The van der Waals surface area contributed by atoms with Crippen molar-refractivity contribution in [3.8, 4) is 0 Å². The molecule has 0 fully saturated rings. The highest BCUT2D eigenvalue weighted by molar-refractivity contribution is 8.17. The van der Waals surface area contributed by atoms with Gasteiger partial charge in [0.1, 0.15) is 0 Å². The van der Waals surface area contributed by atoms with Crippen LogP contribution >= 0.6 is 23.5 Å². The van der Waals surface area contributed by atoms with Crippen LogP contribution in [0.5, 0.6) is 0 Å². The Balaban J connectivity index is 5.02. The molecule has 0 aliphatic rings. The van der Waals surface area contributed by atoms with Crippen LogP contribution in [-0.4, -0.2) is 16.6 Å². The molecule has 0 rings (SSSR count). The van der Waals surface area contributed by atoms with Gasteiger partial charge in [0.25, 0.3) is 0 Å². The average Bonchev–Trinajstić information content (AvgIpc) is 2.04. The molecule has 0 N–H and O–H groups in total. The molecule has 2 heteroatoms. The molecule has 1 unspecified atom stereocenters. The van der Waals surface area contributed by atoms with E-state index in [0.717, 1.165) is 0 Å². The zero-order chi connectivity index (χ0) is 10.7. The number of hydrogen-bond donors (Lipinski definition) is 0. The molecule has 0 saturated carbocycles. The summed E-state index contributed by atoms with van der Waals surface area (Å²) in [6, 6.07) is 0. The van der Waals surface area contributed by atoms with E-state index in [1.807, 2.05) is 23.5 Å². The summed E-state index contributed by atoms with van der Waals surface area (Å²) in [6.45, 7) is 13.1. The summed E-state index contributed by atoms with van der Waals surface area (Å²) in [5, 5.41) is 0. The molecule has 0 nitrogen and oxygen atoms in total. The molecule has 0 aromatic heterocycles. The van der Waals surface area contributed by atoms with Crippen LogP contribution in [0.25, 0.3) is 0 Å². The van der Waals surface area contributed by atoms with Crippen LogP contribution < -0.4 is 0 Å². The van der Waals surface area contributed by atoms with Crippen molar-refractivity contribution in [3.05, 3.63) is 12.7 Å². The van der Waals surface area contributed by atoms with Crippen molar-refractivity contribution < 1.29 is 0 Å². The predicted octanol–water partition coefficient (Wildman–Crippen LogP) is 4.28. The van der Waals surface area contributed by atoms with E-state index < -0.39 is 0 Å². The Bertz CT molecular complexity index is 163. The number of hydrogen-bond acceptors (Lipinski definition) is 2. The van der Waals surface area contributed by atoms with Gasteiger partial charge >= 0.3 is 0 Å². The van der Waals surface area contributed by atoms with Gasteiger partial charge in [-0.2, -0.15) is 0 Å². The molecule has 1 atom stereocenters. The van der Waals surface area contributed by atoms with Gasteiger partial charge in [0.05, 0.1) is 4.08 Å². The fourth-order valence-corrected chi connectivity index (χ4v) is 4.73. The van der Waals surface area contributed by atoms with Gasteiger partial charge in [-0.1, -0.05) is 33.8 Å². The summed E-state index contributed by atoms with van der Waals surface area (Å²) in [5.41, 5.74) is 0.291. The topological polar surface area (TPSA) is 0 Å². The van der Waals surface area contributed by atoms with E-state index in [1.165, 1.54) is 0 Å². The third kappa shape index (κ3) is 2.47. The van der Waals surface area contributed by atoms with Crippen molar-refractivity contribution in [2.24, 2.45) is 11.3 Å². The van der Waals surface area contributed by atoms with Gasteiger partial charge in [0, 0.05) is 0 Å². The van der Waals surface area contributed by atoms with Crippen molar-refractivity contribution in [2.75, 3.05) is 12.5 Å². The number of thioether (sulfide) groups is 2. The number of rotatable bonds is 4. The Kier molecular flexibility index (Phi) is 4.95. The molecule has 0 aliphatic heterocycles. The van der Waals surface area contributed by atoms with Gasteiger partial charge in [-0.15, -0.1) is 30.1 Å². The molecule has 13 heavy (non-hydrogen) atoms. The lowest BCUT2D eigenvalue weighted by Crippen LogP contribution is -2.41. The van der Waals surface area contributed by atoms with Gasteiger partial charge in [-0.3, -0.25) is 0 Å². The number of allylic oxidation sites excluding steroid dienone is 1. The first-order valence-corrected chi connectivity index (χ1v) is 7.03. The van der Waals surface area contributed by atoms with Crippen molar-refractivity contribution in [2.45, 2.75) is 31.8 Å². The lowest BCUT2D eigenvalue weighted by atomic mass is 9.84. The highest BCUT2D eigenvalue weighted by atomic mass is 32.2. The third-order valence-electron chi connectivity index (χ3n) is 2.60. The molecule has 0 radical (unpaired) electrons. The quantitative estimate of drug-likeness (QED) is 0.510. The maximum Gasteiger partial charge on any atom is 0.0712 e. The fourth-order valence-electron chi connectivity index (χ4n) is 1.91. The zero-order valence-electron chi connectivity index (χ0n) is 9.68. The Morgan fingerprint density at radius 2 is 1.54 bits per heavy atom. The van der Waals surface area contributed by atoms with Gasteiger partial charge < -0.3 is 0 Å². The monoisotopic (exact) mass is 218 g/mol. The van der Waals surface area contributed by atoms with E-state index in [1.54, 1.807) is 0 Å². The van der Waals surface area contributed by atoms with Crippen molar-refractivity contribution >= 4 is 23.5 Å². The lowest BCUT2D eigenvalue weighted by molar-refractivity contribution is 0.324. The first-order chi connectivity index (χ1) is 5.85. The minimum absolute atomic E-state index is 0.245. The summed E-state index contributed by atoms with van der Waals surface area (Å²) in [6.07, 6.45) is 6.46. The molecule has 0 saturated heterocycles. The van der Waals surface area contributed by atoms with Crippen LogP contribution in [0.3, 0.4) is 0 Å². The Morgan fingerprint density at radius 3 is 1.62 bits per heavy atom. The van der Waals surface area contributed by atoms with Crippen molar-refractivity contribution in [3.63, 3.8) is 0 Å². The summed E-state index contributed by atoms with van der Waals surface area (Å²) in [7, 11) is 0. The second kappa shape index (κ2) is 4.79. The standard InChI is InChI=1S/C11H22S2/c1-8-9(2)11(12-6,13-7)10(3,4)5/h8-9H,1H2,2-7H3. The lowest BCUT2D eigenvalue weighted by Gasteiger charge is -2.45. The van der Waals surface area contributed by atoms with Crippen LogP contribution in [-0.2, 0) is 0 Å². The fraction of sp³-hybridized carbons (Fsp3) is 0.818. The first kappa shape index (κ1) is 13.4. The first-order valence-electron chi connectivity index (χ1n) is 4.58. The van der Waals surface area contributed by atoms with E-state index >= 15 is 0 Å². The predicted molar refractivity (Wildman–Crippen MR) is 68.6 cm³/mol. The van der Waals surface area contributed by atoms with Crippen LogP contribution in [0.1, 0.15) is 27.7 Å². The summed E-state index contributed by atoms with van der Waals surface area (Å²) in [4.78, 5) is 0. The van der Waals surface area contributed by atoms with Gasteiger partial charge in [0.2, 0.25) is 0 Å². The minimum Gasteiger partial charge on any atom is -0.146 e. The molecular weight excluding hydrogens is 196 g/mol. The van der Waals surface area contributed by atoms with Crippen LogP contribution in [0.4, 0.5) is 0 Å². The summed E-state index contributed by atoms with van der Waals surface area (Å²) >= 11 is 3.90. The average molecular weight is 218 g/mol. The zero-order valence-corrected chi connectivity index (χ0v) is 11.3. The summed E-state index contributed by atoms with van der Waals surface area (Å²) in [5.74, 6) is 0.525. The van der Waals surface area contributed by atoms with Crippen LogP contribution in [0.15, 0.2) is 12.7 Å². The van der Waals surface area contributed by atoms with E-state index in [4.69, 9.17) is 0 Å². The molecule has 0 aromatic carbocycles. The molecule has 0 bridgehead atoms. The molecule has 0 spiro atoms. The van der Waals surface area contributed by atoms with Crippen molar-refractivity contribution in [1.82, 2.24) is 0 Å². The van der Waals surface area contributed by atoms with Gasteiger partial charge in [-0.05, 0) is 23.8 Å². The molecule has 0 aromatic rings. The molecule has 0 heterocycles. The SMILES string of the molecule is C=CC(C)C(SC)(SC)C(C)(C)C. The van der Waals surface area contributed by atoms with Gasteiger partial charge in [0.15, 0.2) is 0 Å².